The highest BCUT2D eigenvalue weighted by Crippen LogP contribution is 2.31. The van der Waals surface area contributed by atoms with Crippen LogP contribution in [0.5, 0.6) is 5.75 Å². The van der Waals surface area contributed by atoms with Crippen molar-refractivity contribution in [1.82, 2.24) is 10.3 Å². The fourth-order valence-electron chi connectivity index (χ4n) is 2.95. The molecule has 1 aliphatic rings. The van der Waals surface area contributed by atoms with E-state index in [9.17, 15) is 9.59 Å². The third-order valence-electron chi connectivity index (χ3n) is 4.47. The zero-order valence-electron chi connectivity index (χ0n) is 16.0. The van der Waals surface area contributed by atoms with Gasteiger partial charge in [0.15, 0.2) is 11.5 Å². The summed E-state index contributed by atoms with van der Waals surface area (Å²) in [6.07, 6.45) is 8.23. The van der Waals surface area contributed by atoms with Crippen LogP contribution < -0.4 is 15.4 Å². The van der Waals surface area contributed by atoms with Crippen LogP contribution in [0.25, 0.3) is 12.2 Å². The molecule has 1 aliphatic heterocycles. The van der Waals surface area contributed by atoms with E-state index in [-0.39, 0.29) is 17.6 Å². The Morgan fingerprint density at radius 3 is 2.67 bits per heavy atom. The highest BCUT2D eigenvalue weighted by molar-refractivity contribution is 6.08. The van der Waals surface area contributed by atoms with Crippen molar-refractivity contribution in [3.63, 3.8) is 0 Å². The SMILES string of the molecule is O=C(/C=C/c1ccccc1/C=C1\Oc2ccccc2NC1=O)NCc1cccnc1. The van der Waals surface area contributed by atoms with Crippen molar-refractivity contribution in [1.29, 1.82) is 0 Å². The lowest BCUT2D eigenvalue weighted by molar-refractivity contribution is -0.116. The van der Waals surface area contributed by atoms with Gasteiger partial charge in [-0.2, -0.15) is 0 Å². The minimum Gasteiger partial charge on any atom is -0.449 e. The molecule has 2 N–H and O–H groups in total. The first kappa shape index (κ1) is 19.1. The Labute approximate surface area is 173 Å². The van der Waals surface area contributed by atoms with Gasteiger partial charge in [-0.15, -0.1) is 0 Å². The standard InChI is InChI=1S/C24H19N3O3/c28-23(26-16-17-6-5-13-25-15-17)12-11-18-7-1-2-8-19(18)14-22-24(29)27-20-9-3-4-10-21(20)30-22/h1-15H,16H2,(H,26,28)(H,27,29)/b12-11+,22-14-. The maximum absolute atomic E-state index is 12.4. The quantitative estimate of drug-likeness (QED) is 0.642. The van der Waals surface area contributed by atoms with Gasteiger partial charge in [-0.1, -0.05) is 42.5 Å². The lowest BCUT2D eigenvalue weighted by Crippen LogP contribution is -2.23. The molecule has 0 bridgehead atoms. The van der Waals surface area contributed by atoms with Gasteiger partial charge in [0.25, 0.3) is 5.91 Å². The number of pyridine rings is 1. The van der Waals surface area contributed by atoms with Crippen molar-refractivity contribution in [2.45, 2.75) is 6.54 Å². The fraction of sp³-hybridized carbons (Fsp3) is 0.0417. The minimum absolute atomic E-state index is 0.190. The second-order valence-corrected chi connectivity index (χ2v) is 6.60. The van der Waals surface area contributed by atoms with E-state index in [0.29, 0.717) is 18.0 Å². The number of para-hydroxylation sites is 2. The number of fused-ring (bicyclic) bond motifs is 1. The Kier molecular flexibility index (Phi) is 5.66. The summed E-state index contributed by atoms with van der Waals surface area (Å²) in [7, 11) is 0. The summed E-state index contributed by atoms with van der Waals surface area (Å²) in [5.74, 6) is 0.241. The number of rotatable bonds is 5. The molecule has 30 heavy (non-hydrogen) atoms. The number of nitrogens with zero attached hydrogens (tertiary/aromatic N) is 1. The van der Waals surface area contributed by atoms with Crippen molar-refractivity contribution in [3.05, 3.63) is 102 Å². The number of ether oxygens (including phenoxy) is 1. The van der Waals surface area contributed by atoms with Gasteiger partial charge in [-0.25, -0.2) is 0 Å². The lowest BCUT2D eigenvalue weighted by atomic mass is 10.1. The molecule has 0 aliphatic carbocycles. The van der Waals surface area contributed by atoms with Crippen LogP contribution in [0.2, 0.25) is 0 Å². The number of hydrogen-bond donors (Lipinski definition) is 2. The number of nitrogens with one attached hydrogen (secondary N) is 2. The van der Waals surface area contributed by atoms with Gasteiger partial charge in [0.1, 0.15) is 0 Å². The van der Waals surface area contributed by atoms with Gasteiger partial charge in [0, 0.05) is 25.0 Å². The first-order valence-corrected chi connectivity index (χ1v) is 9.43. The normalized spacial score (nSPS) is 14.1. The van der Waals surface area contributed by atoms with Gasteiger partial charge in [0.2, 0.25) is 5.91 Å². The van der Waals surface area contributed by atoms with Crippen molar-refractivity contribution in [3.8, 4) is 5.75 Å². The second kappa shape index (κ2) is 8.87. The number of carbonyl (C=O) groups is 2. The van der Waals surface area contributed by atoms with Crippen LogP contribution in [0, 0.1) is 0 Å². The Balaban J connectivity index is 1.49. The van der Waals surface area contributed by atoms with Crippen LogP contribution in [-0.2, 0) is 16.1 Å². The predicted molar refractivity (Wildman–Crippen MR) is 115 cm³/mol. The van der Waals surface area contributed by atoms with E-state index in [4.69, 9.17) is 4.74 Å². The van der Waals surface area contributed by atoms with Crippen molar-refractivity contribution >= 4 is 29.7 Å². The van der Waals surface area contributed by atoms with Crippen LogP contribution in [0.3, 0.4) is 0 Å². The molecule has 2 heterocycles. The predicted octanol–water partition coefficient (Wildman–Crippen LogP) is 3.78. The summed E-state index contributed by atoms with van der Waals surface area (Å²) >= 11 is 0. The van der Waals surface area contributed by atoms with Crippen molar-refractivity contribution < 1.29 is 14.3 Å². The molecular formula is C24H19N3O3. The molecule has 2 amide bonds. The minimum atomic E-state index is -0.318. The van der Waals surface area contributed by atoms with E-state index in [0.717, 1.165) is 16.7 Å². The zero-order chi connectivity index (χ0) is 20.8. The molecule has 0 fully saturated rings. The Bertz CT molecular complexity index is 1140. The van der Waals surface area contributed by atoms with E-state index in [1.165, 1.54) is 6.08 Å². The number of anilines is 1. The van der Waals surface area contributed by atoms with Crippen LogP contribution in [0.4, 0.5) is 5.69 Å². The molecule has 0 saturated carbocycles. The molecule has 3 aromatic rings. The van der Waals surface area contributed by atoms with E-state index >= 15 is 0 Å². The van der Waals surface area contributed by atoms with Gasteiger partial charge >= 0.3 is 0 Å². The number of aromatic nitrogens is 1. The smallest absolute Gasteiger partial charge is 0.291 e. The number of hydrogen-bond acceptors (Lipinski definition) is 4. The van der Waals surface area contributed by atoms with Gasteiger partial charge in [0.05, 0.1) is 5.69 Å². The second-order valence-electron chi connectivity index (χ2n) is 6.60. The maximum atomic E-state index is 12.4. The van der Waals surface area contributed by atoms with Gasteiger partial charge < -0.3 is 15.4 Å². The molecule has 0 radical (unpaired) electrons. The third-order valence-corrected chi connectivity index (χ3v) is 4.47. The Hall–Kier alpha value is -4.19. The summed E-state index contributed by atoms with van der Waals surface area (Å²) in [5.41, 5.74) is 3.11. The first-order valence-electron chi connectivity index (χ1n) is 9.43. The average Bonchev–Trinajstić information content (AvgIpc) is 2.78. The fourth-order valence-corrected chi connectivity index (χ4v) is 2.95. The molecule has 0 unspecified atom stereocenters. The van der Waals surface area contributed by atoms with Gasteiger partial charge in [-0.05, 0) is 47.0 Å². The van der Waals surface area contributed by atoms with E-state index in [2.05, 4.69) is 15.6 Å². The van der Waals surface area contributed by atoms with Gasteiger partial charge in [-0.3, -0.25) is 14.6 Å². The number of carbonyl (C=O) groups excluding carboxylic acids is 2. The summed E-state index contributed by atoms with van der Waals surface area (Å²) in [6.45, 7) is 0.399. The molecule has 1 aromatic heterocycles. The average molecular weight is 397 g/mol. The molecule has 0 saturated heterocycles. The molecule has 0 spiro atoms. The Morgan fingerprint density at radius 2 is 1.83 bits per heavy atom. The first-order chi connectivity index (χ1) is 14.7. The molecule has 2 aromatic carbocycles. The monoisotopic (exact) mass is 397 g/mol. The maximum Gasteiger partial charge on any atom is 0.291 e. The Morgan fingerprint density at radius 1 is 1.03 bits per heavy atom. The lowest BCUT2D eigenvalue weighted by Gasteiger charge is -2.19. The highest BCUT2D eigenvalue weighted by atomic mass is 16.5. The van der Waals surface area contributed by atoms with Crippen LogP contribution in [0.1, 0.15) is 16.7 Å². The van der Waals surface area contributed by atoms with Crippen LogP contribution >= 0.6 is 0 Å². The number of amides is 2. The summed E-state index contributed by atoms with van der Waals surface area (Å²) < 4.78 is 5.76. The van der Waals surface area contributed by atoms with E-state index in [1.54, 1.807) is 36.7 Å². The topological polar surface area (TPSA) is 80.3 Å². The summed E-state index contributed by atoms with van der Waals surface area (Å²) in [6, 6.07) is 18.4. The largest absolute Gasteiger partial charge is 0.449 e. The van der Waals surface area contributed by atoms with E-state index < -0.39 is 0 Å². The molecule has 4 rings (SSSR count). The van der Waals surface area contributed by atoms with Crippen molar-refractivity contribution in [2.75, 3.05) is 5.32 Å². The molecule has 0 atom stereocenters. The van der Waals surface area contributed by atoms with E-state index in [1.807, 2.05) is 48.5 Å². The summed E-state index contributed by atoms with van der Waals surface area (Å²) in [5, 5.41) is 5.63. The zero-order valence-corrected chi connectivity index (χ0v) is 16.0. The molecule has 6 nitrogen and oxygen atoms in total. The van der Waals surface area contributed by atoms with Crippen LogP contribution in [-0.4, -0.2) is 16.8 Å². The molecule has 6 heteroatoms. The van der Waals surface area contributed by atoms with Crippen molar-refractivity contribution in [2.24, 2.45) is 0 Å². The van der Waals surface area contributed by atoms with Crippen LogP contribution in [0.15, 0.2) is 84.9 Å². The molecular weight excluding hydrogens is 378 g/mol. The number of benzene rings is 2. The molecule has 148 valence electrons. The summed E-state index contributed by atoms with van der Waals surface area (Å²) in [4.78, 5) is 28.5. The third kappa shape index (κ3) is 4.62. The highest BCUT2D eigenvalue weighted by Gasteiger charge is 2.21.